The van der Waals surface area contributed by atoms with Crippen LogP contribution in [0, 0.1) is 11.8 Å². The van der Waals surface area contributed by atoms with E-state index in [2.05, 4.69) is 5.10 Å². The van der Waals surface area contributed by atoms with Gasteiger partial charge >= 0.3 is 0 Å². The minimum Gasteiger partial charge on any atom is -0.298 e. The molecule has 0 amide bonds. The molecule has 0 radical (unpaired) electrons. The normalized spacial score (nSPS) is 12.3. The zero-order valence-corrected chi connectivity index (χ0v) is 12.8. The molecule has 5 nitrogen and oxygen atoms in total. The van der Waals surface area contributed by atoms with Crippen molar-refractivity contribution >= 4 is 16.1 Å². The molecule has 1 aromatic heterocycles. The average molecular weight is 286 g/mol. The zero-order chi connectivity index (χ0) is 14.6. The summed E-state index contributed by atoms with van der Waals surface area (Å²) in [7, 11) is -3.46. The second-order valence-electron chi connectivity index (χ2n) is 5.60. The number of nitrogens with zero attached hydrogens (tertiary/aromatic N) is 2. The van der Waals surface area contributed by atoms with Crippen molar-refractivity contribution in [1.29, 1.82) is 0 Å². The average Bonchev–Trinajstić information content (AvgIpc) is 2.69. The third kappa shape index (κ3) is 4.16. The van der Waals surface area contributed by atoms with Crippen molar-refractivity contribution in [3.63, 3.8) is 0 Å². The first-order valence-corrected chi connectivity index (χ1v) is 8.17. The van der Waals surface area contributed by atoms with E-state index in [0.717, 1.165) is 0 Å². The number of hydrogen-bond donors (Lipinski definition) is 0. The predicted octanol–water partition coefficient (Wildman–Crippen LogP) is 2.17. The smallest absolute Gasteiger partial charge is 0.196 e. The summed E-state index contributed by atoms with van der Waals surface area (Å²) < 4.78 is 26.2. The third-order valence-corrected chi connectivity index (χ3v) is 4.55. The maximum absolute atomic E-state index is 12.4. The van der Waals surface area contributed by atoms with E-state index in [4.69, 9.17) is 0 Å². The Bertz CT molecular complexity index is 530. The highest BCUT2D eigenvalue weighted by atomic mass is 32.2. The van der Waals surface area contributed by atoms with Crippen molar-refractivity contribution in [1.82, 2.24) is 9.78 Å². The van der Waals surface area contributed by atoms with Crippen molar-refractivity contribution in [2.45, 2.75) is 45.7 Å². The number of carbonyl (C=O) groups excluding carboxylic acids is 1. The Hall–Kier alpha value is -1.17. The summed E-state index contributed by atoms with van der Waals surface area (Å²) in [5.74, 6) is 0.615. The van der Waals surface area contributed by atoms with E-state index in [1.54, 1.807) is 0 Å². The Labute approximate surface area is 114 Å². The molecular weight excluding hydrogens is 264 g/mol. The van der Waals surface area contributed by atoms with E-state index in [1.165, 1.54) is 10.9 Å². The van der Waals surface area contributed by atoms with Crippen molar-refractivity contribution in [2.75, 3.05) is 5.75 Å². The maximum Gasteiger partial charge on any atom is 0.196 e. The predicted molar refractivity (Wildman–Crippen MR) is 74.0 cm³/mol. The molecule has 0 spiro atoms. The first-order chi connectivity index (χ1) is 8.77. The van der Waals surface area contributed by atoms with Crippen LogP contribution in [0.5, 0.6) is 0 Å². The van der Waals surface area contributed by atoms with Crippen LogP contribution in [0.1, 0.15) is 44.5 Å². The highest BCUT2D eigenvalue weighted by Crippen LogP contribution is 2.19. The number of hydrogen-bond acceptors (Lipinski definition) is 4. The number of aromatic nitrogens is 2. The van der Waals surface area contributed by atoms with Crippen molar-refractivity contribution < 1.29 is 13.2 Å². The molecule has 0 aliphatic heterocycles. The molecule has 1 heterocycles. The van der Waals surface area contributed by atoms with Gasteiger partial charge < -0.3 is 0 Å². The van der Waals surface area contributed by atoms with Crippen LogP contribution in [0.3, 0.4) is 0 Å². The van der Waals surface area contributed by atoms with E-state index in [9.17, 15) is 13.2 Å². The minimum absolute atomic E-state index is 0.0509. The molecule has 1 aromatic rings. The molecule has 19 heavy (non-hydrogen) atoms. The number of carbonyl (C=O) groups is 1. The summed E-state index contributed by atoms with van der Waals surface area (Å²) in [5, 5.41) is 4.09. The molecule has 0 aliphatic carbocycles. The third-order valence-electron chi connectivity index (χ3n) is 2.74. The highest BCUT2D eigenvalue weighted by molar-refractivity contribution is 7.91. The van der Waals surface area contributed by atoms with Gasteiger partial charge in [-0.2, -0.15) is 5.10 Å². The van der Waals surface area contributed by atoms with E-state index in [0.29, 0.717) is 25.2 Å². The van der Waals surface area contributed by atoms with Crippen LogP contribution in [0.25, 0.3) is 0 Å². The Morgan fingerprint density at radius 2 is 1.89 bits per heavy atom. The van der Waals surface area contributed by atoms with Gasteiger partial charge in [-0.3, -0.25) is 9.48 Å². The lowest BCUT2D eigenvalue weighted by molar-refractivity contribution is 0.112. The Kier molecular flexibility index (Phi) is 5.29. The summed E-state index contributed by atoms with van der Waals surface area (Å²) in [6, 6.07) is 0. The molecule has 6 heteroatoms. The van der Waals surface area contributed by atoms with Gasteiger partial charge in [0, 0.05) is 6.54 Å². The van der Waals surface area contributed by atoms with Crippen molar-refractivity contribution in [3.05, 3.63) is 11.8 Å². The molecule has 0 aliphatic rings. The summed E-state index contributed by atoms with van der Waals surface area (Å²) in [5.41, 5.74) is 0.157. The fourth-order valence-electron chi connectivity index (χ4n) is 1.77. The lowest BCUT2D eigenvalue weighted by atomic mass is 10.2. The van der Waals surface area contributed by atoms with Crippen LogP contribution in [0.15, 0.2) is 11.2 Å². The Balaban J connectivity index is 3.15. The van der Waals surface area contributed by atoms with Gasteiger partial charge in [0.15, 0.2) is 21.1 Å². The monoisotopic (exact) mass is 286 g/mol. The number of sulfone groups is 1. The molecule has 108 valence electrons. The van der Waals surface area contributed by atoms with Crippen molar-refractivity contribution in [2.24, 2.45) is 11.8 Å². The molecule has 0 aromatic carbocycles. The molecule has 0 fully saturated rings. The topological polar surface area (TPSA) is 69.0 Å². The molecular formula is C13H22N2O3S. The van der Waals surface area contributed by atoms with Gasteiger partial charge in [-0.05, 0) is 18.3 Å². The van der Waals surface area contributed by atoms with Gasteiger partial charge in [0.05, 0.1) is 17.5 Å². The molecule has 1 rings (SSSR count). The molecule has 0 atom stereocenters. The van der Waals surface area contributed by atoms with Crippen LogP contribution >= 0.6 is 0 Å². The quantitative estimate of drug-likeness (QED) is 0.720. The number of rotatable bonds is 7. The van der Waals surface area contributed by atoms with Crippen LogP contribution in [-0.4, -0.2) is 30.2 Å². The maximum atomic E-state index is 12.4. The van der Waals surface area contributed by atoms with Crippen molar-refractivity contribution in [3.8, 4) is 0 Å². The SMILES string of the molecule is CC(C)CCS(=O)(=O)c1c(C=O)cnn1CC(C)C. The zero-order valence-electron chi connectivity index (χ0n) is 12.0. The van der Waals surface area contributed by atoms with Gasteiger partial charge in [0.25, 0.3) is 0 Å². The van der Waals surface area contributed by atoms with Gasteiger partial charge in [-0.25, -0.2) is 8.42 Å². The van der Waals surface area contributed by atoms with Gasteiger partial charge in [-0.1, -0.05) is 27.7 Å². The first kappa shape index (κ1) is 15.9. The highest BCUT2D eigenvalue weighted by Gasteiger charge is 2.25. The lowest BCUT2D eigenvalue weighted by Crippen LogP contribution is -2.18. The number of aldehydes is 1. The fraction of sp³-hybridized carbons (Fsp3) is 0.692. The van der Waals surface area contributed by atoms with E-state index in [1.807, 2.05) is 27.7 Å². The minimum atomic E-state index is -3.46. The summed E-state index contributed by atoms with van der Waals surface area (Å²) in [4.78, 5) is 11.0. The van der Waals surface area contributed by atoms with Crippen LogP contribution in [0.2, 0.25) is 0 Å². The van der Waals surface area contributed by atoms with E-state index in [-0.39, 0.29) is 22.3 Å². The largest absolute Gasteiger partial charge is 0.298 e. The summed E-state index contributed by atoms with van der Waals surface area (Å²) in [6.07, 6.45) is 2.47. The summed E-state index contributed by atoms with van der Waals surface area (Å²) >= 11 is 0. The molecule has 0 saturated carbocycles. The van der Waals surface area contributed by atoms with E-state index < -0.39 is 9.84 Å². The first-order valence-electron chi connectivity index (χ1n) is 6.51. The Morgan fingerprint density at radius 1 is 1.26 bits per heavy atom. The second-order valence-corrected chi connectivity index (χ2v) is 7.62. The van der Waals surface area contributed by atoms with Gasteiger partial charge in [-0.15, -0.1) is 0 Å². The summed E-state index contributed by atoms with van der Waals surface area (Å²) in [6.45, 7) is 8.40. The van der Waals surface area contributed by atoms with Crippen LogP contribution in [-0.2, 0) is 16.4 Å². The molecule has 0 N–H and O–H groups in total. The fourth-order valence-corrected chi connectivity index (χ4v) is 3.65. The van der Waals surface area contributed by atoms with E-state index >= 15 is 0 Å². The molecule has 0 unspecified atom stereocenters. The molecule has 0 saturated heterocycles. The second kappa shape index (κ2) is 6.32. The van der Waals surface area contributed by atoms with Crippen LogP contribution in [0.4, 0.5) is 0 Å². The van der Waals surface area contributed by atoms with Gasteiger partial charge in [0.1, 0.15) is 0 Å². The van der Waals surface area contributed by atoms with Gasteiger partial charge in [0.2, 0.25) is 0 Å². The van der Waals surface area contributed by atoms with Crippen LogP contribution < -0.4 is 0 Å². The molecule has 0 bridgehead atoms. The standard InChI is InChI=1S/C13H22N2O3S/c1-10(2)5-6-19(17,18)13-12(9-16)7-14-15(13)8-11(3)4/h7,9-11H,5-6,8H2,1-4H3. The Morgan fingerprint density at radius 3 is 2.37 bits per heavy atom. The lowest BCUT2D eigenvalue weighted by Gasteiger charge is -2.12.